The van der Waals surface area contributed by atoms with E-state index in [0.29, 0.717) is 6.92 Å². The maximum absolute atomic E-state index is 11.2. The molecule has 10 heteroatoms. The molecule has 3 atom stereocenters. The third-order valence-electron chi connectivity index (χ3n) is 2.80. The molecule has 0 fully saturated rings. The average Bonchev–Trinajstić information content (AvgIpc) is 2.14. The first-order valence-electron chi connectivity index (χ1n) is 4.62. The minimum Gasteiger partial charge on any atom is -0.481 e. The van der Waals surface area contributed by atoms with Crippen molar-refractivity contribution in [3.63, 3.8) is 0 Å². The Balaban J connectivity index is 6.00. The highest BCUT2D eigenvalue weighted by Gasteiger charge is 2.61. The van der Waals surface area contributed by atoms with Gasteiger partial charge in [-0.3, -0.25) is 18.9 Å². The Labute approximate surface area is 101 Å². The highest BCUT2D eigenvalue weighted by molar-refractivity contribution is 7.54. The van der Waals surface area contributed by atoms with E-state index < -0.39 is 42.5 Å². The van der Waals surface area contributed by atoms with Crippen molar-refractivity contribution in [2.75, 3.05) is 0 Å². The molecule has 0 aliphatic rings. The van der Waals surface area contributed by atoms with E-state index in [4.69, 9.17) is 25.1 Å². The molecule has 0 saturated carbocycles. The van der Waals surface area contributed by atoms with Gasteiger partial charge in [-0.15, -0.1) is 0 Å². The second-order valence-electron chi connectivity index (χ2n) is 3.94. The molecular formula is C8H13O9P. The van der Waals surface area contributed by atoms with Crippen molar-refractivity contribution in [2.24, 2.45) is 11.8 Å². The molecule has 0 aromatic carbocycles. The van der Waals surface area contributed by atoms with Crippen LogP contribution in [0.3, 0.4) is 0 Å². The number of hydrogen-bond donors (Lipinski definition) is 5. The molecule has 18 heavy (non-hydrogen) atoms. The Morgan fingerprint density at radius 1 is 1.06 bits per heavy atom. The van der Waals surface area contributed by atoms with Crippen LogP contribution in [0.4, 0.5) is 0 Å². The van der Waals surface area contributed by atoms with E-state index in [9.17, 15) is 18.9 Å². The van der Waals surface area contributed by atoms with Gasteiger partial charge in [0, 0.05) is 0 Å². The van der Waals surface area contributed by atoms with Crippen LogP contribution in [0, 0.1) is 11.8 Å². The van der Waals surface area contributed by atoms with Crippen LogP contribution in [0.15, 0.2) is 0 Å². The number of carboxylic acid groups (broad SMARTS) is 3. The summed E-state index contributed by atoms with van der Waals surface area (Å²) in [6.45, 7) is 1.40. The Morgan fingerprint density at radius 3 is 1.61 bits per heavy atom. The van der Waals surface area contributed by atoms with Crippen molar-refractivity contribution >= 4 is 25.5 Å². The topological polar surface area (TPSA) is 169 Å². The first kappa shape index (κ1) is 16.6. The van der Waals surface area contributed by atoms with Gasteiger partial charge >= 0.3 is 25.5 Å². The molecule has 0 aromatic rings. The van der Waals surface area contributed by atoms with Crippen LogP contribution in [0.2, 0.25) is 0 Å². The monoisotopic (exact) mass is 284 g/mol. The van der Waals surface area contributed by atoms with Crippen molar-refractivity contribution in [2.45, 2.75) is 19.0 Å². The highest BCUT2D eigenvalue weighted by Crippen LogP contribution is 2.56. The number of hydrogen-bond acceptors (Lipinski definition) is 4. The van der Waals surface area contributed by atoms with Gasteiger partial charge in [-0.25, -0.2) is 0 Å². The summed E-state index contributed by atoms with van der Waals surface area (Å²) in [6.07, 6.45) is 0. The Kier molecular flexibility index (Phi) is 4.65. The van der Waals surface area contributed by atoms with Crippen LogP contribution in [0.1, 0.15) is 13.8 Å². The number of carboxylic acids is 3. The molecule has 3 unspecified atom stereocenters. The zero-order valence-corrected chi connectivity index (χ0v) is 10.4. The summed E-state index contributed by atoms with van der Waals surface area (Å²) in [4.78, 5) is 50.8. The van der Waals surface area contributed by atoms with E-state index in [0.717, 1.165) is 6.92 Å². The standard InChI is InChI=1S/C8H13O9P/c1-3(5(9)10)4(6(11)12)8(2,7(13)14)18(15,16)17/h3-4H,1-2H3,(H,9,10)(H,11,12)(H,13,14)(H2,15,16,17). The van der Waals surface area contributed by atoms with Crippen molar-refractivity contribution in [3.05, 3.63) is 0 Å². The van der Waals surface area contributed by atoms with Crippen molar-refractivity contribution in [1.29, 1.82) is 0 Å². The second-order valence-corrected chi connectivity index (χ2v) is 5.96. The Hall–Kier alpha value is -1.44. The molecule has 104 valence electrons. The van der Waals surface area contributed by atoms with E-state index in [1.54, 1.807) is 0 Å². The summed E-state index contributed by atoms with van der Waals surface area (Å²) in [5.74, 6) is -9.69. The van der Waals surface area contributed by atoms with Gasteiger partial charge in [0.1, 0.15) is 0 Å². The molecule has 0 bridgehead atoms. The van der Waals surface area contributed by atoms with Crippen molar-refractivity contribution in [3.8, 4) is 0 Å². The molecule has 9 nitrogen and oxygen atoms in total. The maximum Gasteiger partial charge on any atom is 0.343 e. The molecule has 0 aliphatic carbocycles. The van der Waals surface area contributed by atoms with Crippen molar-refractivity contribution < 1.29 is 44.1 Å². The van der Waals surface area contributed by atoms with Crippen LogP contribution in [0.25, 0.3) is 0 Å². The fourth-order valence-corrected chi connectivity index (χ4v) is 2.47. The molecule has 0 spiro atoms. The molecule has 0 aromatic heterocycles. The third kappa shape index (κ3) is 2.69. The minimum atomic E-state index is -5.39. The quantitative estimate of drug-likeness (QED) is 0.400. The summed E-state index contributed by atoms with van der Waals surface area (Å²) in [5.41, 5.74) is 0. The molecule has 0 aliphatic heterocycles. The average molecular weight is 284 g/mol. The number of aliphatic carboxylic acids is 3. The Bertz CT molecular complexity index is 424. The fraction of sp³-hybridized carbons (Fsp3) is 0.625. The first-order valence-corrected chi connectivity index (χ1v) is 6.23. The largest absolute Gasteiger partial charge is 0.481 e. The zero-order valence-electron chi connectivity index (χ0n) is 9.47. The predicted octanol–water partition coefficient (Wildman–Crippen LogP) is -0.571. The maximum atomic E-state index is 11.2. The normalized spacial score (nSPS) is 18.4. The molecule has 0 rings (SSSR count). The molecule has 0 saturated heterocycles. The lowest BCUT2D eigenvalue weighted by atomic mass is 9.82. The molecule has 0 heterocycles. The summed E-state index contributed by atoms with van der Waals surface area (Å²) in [6, 6.07) is 0. The van der Waals surface area contributed by atoms with E-state index in [1.807, 2.05) is 0 Å². The van der Waals surface area contributed by atoms with Gasteiger partial charge in [-0.05, 0) is 6.92 Å². The second kappa shape index (κ2) is 5.05. The van der Waals surface area contributed by atoms with Crippen LogP contribution in [0.5, 0.6) is 0 Å². The lowest BCUT2D eigenvalue weighted by Gasteiger charge is -2.33. The number of carbonyl (C=O) groups is 3. The summed E-state index contributed by atoms with van der Waals surface area (Å²) >= 11 is 0. The first-order chi connectivity index (χ1) is 7.87. The van der Waals surface area contributed by atoms with Crippen molar-refractivity contribution in [1.82, 2.24) is 0 Å². The van der Waals surface area contributed by atoms with E-state index in [-0.39, 0.29) is 0 Å². The lowest BCUT2D eigenvalue weighted by molar-refractivity contribution is -0.159. The van der Waals surface area contributed by atoms with Gasteiger partial charge in [0.15, 0.2) is 5.16 Å². The molecular weight excluding hydrogens is 271 g/mol. The molecule has 0 amide bonds. The van der Waals surface area contributed by atoms with Gasteiger partial charge in [0.05, 0.1) is 11.8 Å². The van der Waals surface area contributed by atoms with Gasteiger partial charge in [-0.1, -0.05) is 6.92 Å². The van der Waals surface area contributed by atoms with Crippen LogP contribution >= 0.6 is 7.60 Å². The van der Waals surface area contributed by atoms with E-state index in [2.05, 4.69) is 0 Å². The summed E-state index contributed by atoms with van der Waals surface area (Å²) < 4.78 is 11.2. The van der Waals surface area contributed by atoms with Crippen LogP contribution < -0.4 is 0 Å². The van der Waals surface area contributed by atoms with Gasteiger partial charge in [-0.2, -0.15) is 0 Å². The molecule has 0 radical (unpaired) electrons. The highest BCUT2D eigenvalue weighted by atomic mass is 31.2. The zero-order chi connectivity index (χ0) is 14.9. The summed E-state index contributed by atoms with van der Waals surface area (Å²) in [5, 5.41) is 23.4. The van der Waals surface area contributed by atoms with E-state index >= 15 is 0 Å². The van der Waals surface area contributed by atoms with Crippen LogP contribution in [-0.2, 0) is 18.9 Å². The lowest BCUT2D eigenvalue weighted by Crippen LogP contribution is -2.50. The van der Waals surface area contributed by atoms with E-state index in [1.165, 1.54) is 0 Å². The molecule has 5 N–H and O–H groups in total. The minimum absolute atomic E-state index is 0.522. The fourth-order valence-electron chi connectivity index (χ4n) is 1.52. The third-order valence-corrected chi connectivity index (χ3v) is 4.48. The number of rotatable bonds is 6. The van der Waals surface area contributed by atoms with Gasteiger partial charge < -0.3 is 25.1 Å². The summed E-state index contributed by atoms with van der Waals surface area (Å²) in [7, 11) is -5.39. The van der Waals surface area contributed by atoms with Gasteiger partial charge in [0.25, 0.3) is 0 Å². The van der Waals surface area contributed by atoms with Gasteiger partial charge in [0.2, 0.25) is 0 Å². The smallest absolute Gasteiger partial charge is 0.343 e. The Morgan fingerprint density at radius 2 is 1.44 bits per heavy atom. The van der Waals surface area contributed by atoms with Crippen LogP contribution in [-0.4, -0.2) is 48.2 Å². The predicted molar refractivity (Wildman–Crippen MR) is 56.0 cm³/mol. The SMILES string of the molecule is CC(C(=O)O)C(C(=O)O)C(C)(C(=O)O)P(=O)(O)O.